The minimum absolute atomic E-state index is 0.0999. The van der Waals surface area contributed by atoms with Crippen LogP contribution in [0.15, 0.2) is 0 Å². The van der Waals surface area contributed by atoms with E-state index in [1.807, 2.05) is 0 Å². The molecule has 0 bridgehead atoms. The monoisotopic (exact) mass is 319 g/mol. The standard InChI is InChI=1S/C13H9F4NO4/c1-3(2)10(13(21)22)18-11(19)4-5(12(18)20)7(15)9(17)8(16)6(4)14/h3,10H,1-2H3,(H,21,22). The van der Waals surface area contributed by atoms with E-state index in [1.54, 1.807) is 0 Å². The van der Waals surface area contributed by atoms with E-state index < -0.39 is 64.1 Å². The molecule has 0 saturated carbocycles. The highest BCUT2D eigenvalue weighted by molar-refractivity contribution is 6.23. The average Bonchev–Trinajstić information content (AvgIpc) is 2.67. The van der Waals surface area contributed by atoms with Gasteiger partial charge in [-0.2, -0.15) is 0 Å². The number of halogens is 4. The highest BCUT2D eigenvalue weighted by atomic mass is 19.2. The molecule has 0 aliphatic carbocycles. The zero-order chi connectivity index (χ0) is 16.9. The first kappa shape index (κ1) is 15.9. The summed E-state index contributed by atoms with van der Waals surface area (Å²) in [6.45, 7) is 2.71. The summed E-state index contributed by atoms with van der Waals surface area (Å²) in [5.74, 6) is -13.9. The van der Waals surface area contributed by atoms with Crippen LogP contribution >= 0.6 is 0 Å². The fourth-order valence-electron chi connectivity index (χ4n) is 2.31. The molecule has 1 atom stereocenters. The molecule has 1 unspecified atom stereocenters. The summed E-state index contributed by atoms with van der Waals surface area (Å²) < 4.78 is 53.8. The fourth-order valence-corrected chi connectivity index (χ4v) is 2.31. The summed E-state index contributed by atoms with van der Waals surface area (Å²) in [4.78, 5) is 35.4. The number of nitrogens with zero attached hydrogens (tertiary/aromatic N) is 1. The highest BCUT2D eigenvalue weighted by Gasteiger charge is 2.49. The lowest BCUT2D eigenvalue weighted by atomic mass is 10.0. The molecule has 22 heavy (non-hydrogen) atoms. The van der Waals surface area contributed by atoms with E-state index in [4.69, 9.17) is 5.11 Å². The molecule has 118 valence electrons. The summed E-state index contributed by atoms with van der Waals surface area (Å²) in [7, 11) is 0. The quantitative estimate of drug-likeness (QED) is 0.400. The molecular weight excluding hydrogens is 310 g/mol. The van der Waals surface area contributed by atoms with Gasteiger partial charge in [0, 0.05) is 0 Å². The van der Waals surface area contributed by atoms with Crippen LogP contribution in [-0.2, 0) is 4.79 Å². The Balaban J connectivity index is 2.71. The summed E-state index contributed by atoms with van der Waals surface area (Å²) in [5, 5.41) is 9.08. The van der Waals surface area contributed by atoms with E-state index in [9.17, 15) is 31.9 Å². The summed E-state index contributed by atoms with van der Waals surface area (Å²) in [6, 6.07) is -1.72. The molecule has 1 N–H and O–H groups in total. The number of rotatable bonds is 3. The largest absolute Gasteiger partial charge is 0.480 e. The summed E-state index contributed by atoms with van der Waals surface area (Å²) >= 11 is 0. The maximum Gasteiger partial charge on any atom is 0.327 e. The number of fused-ring (bicyclic) bond motifs is 1. The molecule has 2 rings (SSSR count). The predicted molar refractivity (Wildman–Crippen MR) is 63.0 cm³/mol. The summed E-state index contributed by atoms with van der Waals surface area (Å²) in [5.41, 5.74) is -2.60. The minimum Gasteiger partial charge on any atom is -0.480 e. The van der Waals surface area contributed by atoms with Gasteiger partial charge in [0.05, 0.1) is 11.1 Å². The van der Waals surface area contributed by atoms with Crippen molar-refractivity contribution in [2.24, 2.45) is 5.92 Å². The SMILES string of the molecule is CC(C)C(C(=O)O)N1C(=O)c2c(F)c(F)c(F)c(F)c2C1=O. The van der Waals surface area contributed by atoms with Crippen LogP contribution in [0, 0.1) is 29.2 Å². The second kappa shape index (κ2) is 5.08. The lowest BCUT2D eigenvalue weighted by molar-refractivity contribution is -0.143. The number of amides is 2. The molecule has 1 aromatic rings. The van der Waals surface area contributed by atoms with Crippen molar-refractivity contribution in [3.63, 3.8) is 0 Å². The first-order chi connectivity index (χ1) is 10.1. The van der Waals surface area contributed by atoms with E-state index >= 15 is 0 Å². The maximum atomic E-state index is 13.7. The third kappa shape index (κ3) is 1.96. The lowest BCUT2D eigenvalue weighted by Crippen LogP contribution is -2.48. The van der Waals surface area contributed by atoms with Gasteiger partial charge in [0.2, 0.25) is 0 Å². The van der Waals surface area contributed by atoms with Crippen LogP contribution < -0.4 is 0 Å². The molecule has 1 aliphatic rings. The Hall–Kier alpha value is -2.45. The Bertz CT molecular complexity index is 670. The van der Waals surface area contributed by atoms with E-state index in [1.165, 1.54) is 13.8 Å². The van der Waals surface area contributed by atoms with Gasteiger partial charge >= 0.3 is 5.97 Å². The number of aliphatic carboxylic acids is 1. The highest BCUT2D eigenvalue weighted by Crippen LogP contribution is 2.33. The second-order valence-corrected chi connectivity index (χ2v) is 5.01. The number of carboxylic acids is 1. The normalized spacial score (nSPS) is 15.5. The van der Waals surface area contributed by atoms with E-state index in [-0.39, 0.29) is 4.90 Å². The zero-order valence-corrected chi connectivity index (χ0v) is 11.3. The molecule has 0 spiro atoms. The number of hydrogen-bond acceptors (Lipinski definition) is 3. The summed E-state index contributed by atoms with van der Waals surface area (Å²) in [6.07, 6.45) is 0. The maximum absolute atomic E-state index is 13.7. The van der Waals surface area contributed by atoms with Crippen LogP contribution in [0.1, 0.15) is 34.6 Å². The topological polar surface area (TPSA) is 74.7 Å². The first-order valence-corrected chi connectivity index (χ1v) is 6.07. The molecule has 1 aromatic carbocycles. The molecule has 0 fully saturated rings. The molecule has 1 heterocycles. The van der Waals surface area contributed by atoms with Gasteiger partial charge in [-0.3, -0.25) is 14.5 Å². The van der Waals surface area contributed by atoms with E-state index in [0.717, 1.165) is 0 Å². The van der Waals surface area contributed by atoms with Crippen molar-refractivity contribution in [3.8, 4) is 0 Å². The number of benzene rings is 1. The zero-order valence-electron chi connectivity index (χ0n) is 11.3. The molecule has 0 aromatic heterocycles. The number of carboxylic acid groups (broad SMARTS) is 1. The van der Waals surface area contributed by atoms with Gasteiger partial charge in [-0.05, 0) is 5.92 Å². The van der Waals surface area contributed by atoms with Crippen molar-refractivity contribution in [2.45, 2.75) is 19.9 Å². The van der Waals surface area contributed by atoms with E-state index in [0.29, 0.717) is 0 Å². The van der Waals surface area contributed by atoms with Crippen molar-refractivity contribution in [2.75, 3.05) is 0 Å². The van der Waals surface area contributed by atoms with Crippen LogP contribution in [0.4, 0.5) is 17.6 Å². The van der Waals surface area contributed by atoms with Crippen LogP contribution in [0.2, 0.25) is 0 Å². The van der Waals surface area contributed by atoms with Gasteiger partial charge in [-0.15, -0.1) is 0 Å². The van der Waals surface area contributed by atoms with Gasteiger partial charge < -0.3 is 5.11 Å². The first-order valence-electron chi connectivity index (χ1n) is 6.07. The van der Waals surface area contributed by atoms with Crippen molar-refractivity contribution < 1.29 is 37.1 Å². The third-order valence-electron chi connectivity index (χ3n) is 3.30. The second-order valence-electron chi connectivity index (χ2n) is 5.01. The Morgan fingerprint density at radius 2 is 1.27 bits per heavy atom. The predicted octanol–water partition coefficient (Wildman–Crippen LogP) is 1.95. The van der Waals surface area contributed by atoms with Crippen LogP contribution in [0.3, 0.4) is 0 Å². The molecule has 1 aliphatic heterocycles. The van der Waals surface area contributed by atoms with Crippen molar-refractivity contribution in [3.05, 3.63) is 34.4 Å². The molecule has 0 radical (unpaired) electrons. The van der Waals surface area contributed by atoms with Gasteiger partial charge in [0.15, 0.2) is 23.3 Å². The van der Waals surface area contributed by atoms with Crippen LogP contribution in [0.25, 0.3) is 0 Å². The smallest absolute Gasteiger partial charge is 0.327 e. The van der Waals surface area contributed by atoms with Crippen LogP contribution in [-0.4, -0.2) is 33.8 Å². The Labute approximate surface area is 121 Å². The van der Waals surface area contributed by atoms with Gasteiger partial charge in [-0.25, -0.2) is 22.4 Å². The molecule has 9 heteroatoms. The lowest BCUT2D eigenvalue weighted by Gasteiger charge is -2.25. The fraction of sp³-hybridized carbons (Fsp3) is 0.308. The number of hydrogen-bond donors (Lipinski definition) is 1. The number of carbonyl (C=O) groups excluding carboxylic acids is 2. The Kier molecular flexibility index (Phi) is 3.68. The molecular formula is C13H9F4NO4. The Morgan fingerprint density at radius 3 is 1.55 bits per heavy atom. The molecule has 0 saturated heterocycles. The van der Waals surface area contributed by atoms with Crippen molar-refractivity contribution >= 4 is 17.8 Å². The third-order valence-corrected chi connectivity index (χ3v) is 3.30. The van der Waals surface area contributed by atoms with Crippen molar-refractivity contribution in [1.82, 2.24) is 4.90 Å². The van der Waals surface area contributed by atoms with Gasteiger partial charge in [0.1, 0.15) is 6.04 Å². The van der Waals surface area contributed by atoms with E-state index in [2.05, 4.69) is 0 Å². The minimum atomic E-state index is -2.24. The van der Waals surface area contributed by atoms with Gasteiger partial charge in [0.25, 0.3) is 11.8 Å². The Morgan fingerprint density at radius 1 is 0.909 bits per heavy atom. The van der Waals surface area contributed by atoms with Gasteiger partial charge in [-0.1, -0.05) is 13.8 Å². The molecule has 5 nitrogen and oxygen atoms in total. The molecule has 2 amide bonds. The average molecular weight is 319 g/mol. The van der Waals surface area contributed by atoms with Crippen LogP contribution in [0.5, 0.6) is 0 Å². The number of imide groups is 1. The number of carbonyl (C=O) groups is 3. The van der Waals surface area contributed by atoms with Crippen molar-refractivity contribution in [1.29, 1.82) is 0 Å².